The molecule has 0 spiro atoms. The van der Waals surface area contributed by atoms with Gasteiger partial charge < -0.3 is 19.9 Å². The summed E-state index contributed by atoms with van der Waals surface area (Å²) < 4.78 is 21.6. The van der Waals surface area contributed by atoms with Gasteiger partial charge in [0.2, 0.25) is 17.8 Å². The lowest BCUT2D eigenvalue weighted by atomic mass is 9.92. The van der Waals surface area contributed by atoms with E-state index in [0.29, 0.717) is 64.5 Å². The molecule has 0 radical (unpaired) electrons. The monoisotopic (exact) mass is 823 g/mol. The third-order valence-electron chi connectivity index (χ3n) is 13.0. The number of nitriles is 1. The SMILES string of the molecule is N#Cc1ccc(OC2CCC(NC(=O)c3cnc(N4CCN([C@H]5C[C@@H]6CN(c7cc8c(cc7F)C(=O)N(C7CCC(=O)NC7=O)C8=O)C[C@@H]6C5)CC4)nc3)CC2)cc1Cl. The highest BCUT2D eigenvalue weighted by atomic mass is 35.5. The van der Waals surface area contributed by atoms with Crippen LogP contribution in [0.3, 0.4) is 0 Å². The van der Waals surface area contributed by atoms with Crippen LogP contribution in [0.4, 0.5) is 16.0 Å². The number of piperazine rings is 1. The van der Waals surface area contributed by atoms with Crippen LogP contribution in [0.2, 0.25) is 5.02 Å². The molecule has 306 valence electrons. The number of carbonyl (C=O) groups excluding carboxylic acids is 5. The van der Waals surface area contributed by atoms with Crippen LogP contribution >= 0.6 is 11.6 Å². The van der Waals surface area contributed by atoms with Crippen molar-refractivity contribution < 1.29 is 33.1 Å². The molecular weight excluding hydrogens is 781 g/mol. The molecule has 3 saturated heterocycles. The molecule has 4 aliphatic heterocycles. The van der Waals surface area contributed by atoms with E-state index in [1.54, 1.807) is 30.6 Å². The van der Waals surface area contributed by atoms with Crippen LogP contribution in [0, 0.1) is 29.0 Å². The van der Waals surface area contributed by atoms with Crippen molar-refractivity contribution in [3.05, 3.63) is 75.8 Å². The van der Waals surface area contributed by atoms with Gasteiger partial charge in [0, 0.05) is 76.2 Å². The van der Waals surface area contributed by atoms with Gasteiger partial charge in [0.25, 0.3) is 17.7 Å². The number of fused-ring (bicyclic) bond motifs is 2. The van der Waals surface area contributed by atoms with E-state index in [4.69, 9.17) is 21.6 Å². The number of aromatic nitrogens is 2. The standard InChI is InChI=1S/C42H43ClFN9O6/c43-33-15-30(4-1-23(33)18-45)59-29-5-2-27(3-6-29)48-38(55)26-19-46-42(47-20-26)51-11-9-50(10-12-51)28-13-24-21-52(22-25(24)14-28)36-17-32-31(16-34(36)44)40(57)53(41(32)58)35-7-8-37(54)49-39(35)56/h1,4,15-17,19-20,24-25,27-29,35H,2-3,5-14,21-22H2,(H,48,55)(H,49,54,56)/t24-,25+,27?,28+,29?,35?. The Morgan fingerprint density at radius 3 is 2.22 bits per heavy atom. The Bertz CT molecular complexity index is 2240. The zero-order valence-corrected chi connectivity index (χ0v) is 33.0. The van der Waals surface area contributed by atoms with E-state index in [-0.39, 0.29) is 42.0 Å². The second kappa shape index (κ2) is 15.8. The van der Waals surface area contributed by atoms with Crippen molar-refractivity contribution in [3.8, 4) is 11.8 Å². The van der Waals surface area contributed by atoms with E-state index in [0.717, 1.165) is 75.7 Å². The minimum Gasteiger partial charge on any atom is -0.490 e. The van der Waals surface area contributed by atoms with E-state index in [1.165, 1.54) is 6.07 Å². The number of nitrogens with zero attached hydrogens (tertiary/aromatic N) is 7. The van der Waals surface area contributed by atoms with Crippen molar-refractivity contribution in [1.82, 2.24) is 30.4 Å². The van der Waals surface area contributed by atoms with Crippen LogP contribution < -0.4 is 25.2 Å². The summed E-state index contributed by atoms with van der Waals surface area (Å²) in [5.74, 6) is -1.33. The number of benzene rings is 2. The second-order valence-electron chi connectivity index (χ2n) is 16.5. The minimum atomic E-state index is -1.10. The fourth-order valence-electron chi connectivity index (χ4n) is 9.82. The number of carbonyl (C=O) groups is 5. The number of ether oxygens (including phenoxy) is 1. The van der Waals surface area contributed by atoms with Crippen molar-refractivity contribution in [2.24, 2.45) is 11.8 Å². The molecule has 3 aromatic rings. The summed E-state index contributed by atoms with van der Waals surface area (Å²) in [5.41, 5.74) is 1.14. The Labute approximate surface area is 344 Å². The Balaban J connectivity index is 0.727. The minimum absolute atomic E-state index is 0.00836. The van der Waals surface area contributed by atoms with Crippen LogP contribution in [-0.2, 0) is 9.59 Å². The van der Waals surface area contributed by atoms with E-state index in [1.807, 2.05) is 11.0 Å². The van der Waals surface area contributed by atoms with Gasteiger partial charge in [-0.3, -0.25) is 39.1 Å². The number of nitrogens with one attached hydrogen (secondary N) is 2. The first kappa shape index (κ1) is 38.8. The van der Waals surface area contributed by atoms with E-state index in [9.17, 15) is 24.0 Å². The quantitative estimate of drug-likeness (QED) is 0.315. The van der Waals surface area contributed by atoms with Gasteiger partial charge >= 0.3 is 0 Å². The predicted molar refractivity (Wildman–Crippen MR) is 211 cm³/mol. The van der Waals surface area contributed by atoms with Crippen LogP contribution in [0.15, 0.2) is 42.7 Å². The molecule has 1 aromatic heterocycles. The van der Waals surface area contributed by atoms with Gasteiger partial charge in [-0.25, -0.2) is 14.4 Å². The molecule has 5 heterocycles. The predicted octanol–water partition coefficient (Wildman–Crippen LogP) is 3.70. The number of amides is 5. The average molecular weight is 824 g/mol. The number of anilines is 2. The van der Waals surface area contributed by atoms with Gasteiger partial charge in [-0.2, -0.15) is 5.26 Å². The summed E-state index contributed by atoms with van der Waals surface area (Å²) in [6, 6.07) is 9.01. The molecule has 17 heteroatoms. The molecule has 9 rings (SSSR count). The first-order valence-electron chi connectivity index (χ1n) is 20.3. The number of halogens is 2. The van der Waals surface area contributed by atoms with Gasteiger partial charge in [0.1, 0.15) is 23.7 Å². The van der Waals surface area contributed by atoms with Crippen LogP contribution in [-0.4, -0.2) is 113 Å². The highest BCUT2D eigenvalue weighted by Crippen LogP contribution is 2.43. The third kappa shape index (κ3) is 7.57. The Hall–Kier alpha value is -5.66. The smallest absolute Gasteiger partial charge is 0.262 e. The number of rotatable bonds is 8. The van der Waals surface area contributed by atoms with Crippen molar-refractivity contribution in [2.45, 2.75) is 75.6 Å². The first-order valence-corrected chi connectivity index (χ1v) is 20.7. The lowest BCUT2D eigenvalue weighted by molar-refractivity contribution is -0.136. The molecule has 59 heavy (non-hydrogen) atoms. The highest BCUT2D eigenvalue weighted by Gasteiger charge is 2.47. The zero-order chi connectivity index (χ0) is 40.9. The second-order valence-corrected chi connectivity index (χ2v) is 16.9. The lowest BCUT2D eigenvalue weighted by Crippen LogP contribution is -2.54. The number of imide groups is 2. The van der Waals surface area contributed by atoms with E-state index < -0.39 is 35.5 Å². The molecule has 2 N–H and O–H groups in total. The molecule has 4 atom stereocenters. The molecule has 5 fully saturated rings. The molecule has 6 aliphatic rings. The van der Waals surface area contributed by atoms with E-state index in [2.05, 4.69) is 30.4 Å². The Morgan fingerprint density at radius 2 is 1.58 bits per heavy atom. The number of hydrogen-bond donors (Lipinski definition) is 2. The van der Waals surface area contributed by atoms with Gasteiger partial charge in [-0.05, 0) is 81.0 Å². The fourth-order valence-corrected chi connectivity index (χ4v) is 10.0. The summed E-state index contributed by atoms with van der Waals surface area (Å²) in [5, 5.41) is 14.8. The van der Waals surface area contributed by atoms with Crippen molar-refractivity contribution in [3.63, 3.8) is 0 Å². The summed E-state index contributed by atoms with van der Waals surface area (Å²) >= 11 is 6.15. The number of hydrogen-bond acceptors (Lipinski definition) is 12. The third-order valence-corrected chi connectivity index (χ3v) is 13.3. The molecule has 5 amide bonds. The first-order chi connectivity index (χ1) is 28.5. The van der Waals surface area contributed by atoms with Gasteiger partial charge in [0.05, 0.1) is 39.1 Å². The van der Waals surface area contributed by atoms with Crippen LogP contribution in [0.5, 0.6) is 5.75 Å². The van der Waals surface area contributed by atoms with Crippen LogP contribution in [0.1, 0.15) is 88.0 Å². The molecule has 2 saturated carbocycles. The van der Waals surface area contributed by atoms with Gasteiger partial charge in [-0.15, -0.1) is 0 Å². The summed E-state index contributed by atoms with van der Waals surface area (Å²) in [6.45, 7) is 4.51. The Morgan fingerprint density at radius 1 is 0.898 bits per heavy atom. The molecule has 1 unspecified atom stereocenters. The molecular formula is C42H43ClFN9O6. The van der Waals surface area contributed by atoms with Crippen LogP contribution in [0.25, 0.3) is 0 Å². The topological polar surface area (TPSA) is 181 Å². The maximum atomic E-state index is 15.6. The maximum absolute atomic E-state index is 15.6. The highest BCUT2D eigenvalue weighted by molar-refractivity contribution is 6.31. The maximum Gasteiger partial charge on any atom is 0.262 e. The molecule has 0 bridgehead atoms. The average Bonchev–Trinajstić information content (AvgIpc) is 3.89. The summed E-state index contributed by atoms with van der Waals surface area (Å²) in [6.07, 6.45) is 8.31. The van der Waals surface area contributed by atoms with Gasteiger partial charge in [0.15, 0.2) is 0 Å². The zero-order valence-electron chi connectivity index (χ0n) is 32.2. The molecule has 2 aromatic carbocycles. The lowest BCUT2D eigenvalue weighted by Gasteiger charge is -2.38. The number of piperidine rings is 1. The van der Waals surface area contributed by atoms with Gasteiger partial charge in [-0.1, -0.05) is 11.6 Å². The fraction of sp³-hybridized carbons (Fsp3) is 0.476. The summed E-state index contributed by atoms with van der Waals surface area (Å²) in [7, 11) is 0. The van der Waals surface area contributed by atoms with Crippen molar-refractivity contribution in [1.29, 1.82) is 5.26 Å². The van der Waals surface area contributed by atoms with Crippen molar-refractivity contribution >= 4 is 52.8 Å². The van der Waals surface area contributed by atoms with Crippen molar-refractivity contribution in [2.75, 3.05) is 49.1 Å². The Kier molecular flexibility index (Phi) is 10.4. The molecule has 15 nitrogen and oxygen atoms in total. The van der Waals surface area contributed by atoms with E-state index >= 15 is 4.39 Å². The molecule has 2 aliphatic carbocycles. The largest absolute Gasteiger partial charge is 0.490 e. The normalized spacial score (nSPS) is 27.0. The summed E-state index contributed by atoms with van der Waals surface area (Å²) in [4.78, 5) is 80.3.